The summed E-state index contributed by atoms with van der Waals surface area (Å²) in [6.07, 6.45) is 0. The first-order chi connectivity index (χ1) is 10.2. The molecule has 7 heteroatoms. The van der Waals surface area contributed by atoms with Crippen molar-refractivity contribution in [1.29, 1.82) is 0 Å². The summed E-state index contributed by atoms with van der Waals surface area (Å²) in [7, 11) is 1.55. The van der Waals surface area contributed by atoms with Gasteiger partial charge in [-0.15, -0.1) is 5.10 Å². The standard InChI is InChI=1S/C14H12FN5O/c1-21-9-6-7-12(16)10(8-9)14-17-18-19-20(14)13-5-3-2-4-11(13)15/h2-8H,16H2,1H3. The molecule has 6 nitrogen and oxygen atoms in total. The number of nitrogens with two attached hydrogens (primary N) is 1. The summed E-state index contributed by atoms with van der Waals surface area (Å²) in [4.78, 5) is 0. The van der Waals surface area contributed by atoms with Gasteiger partial charge in [-0.3, -0.25) is 0 Å². The lowest BCUT2D eigenvalue weighted by Crippen LogP contribution is -2.04. The Morgan fingerprint density at radius 1 is 1.19 bits per heavy atom. The third-order valence-electron chi connectivity index (χ3n) is 3.05. The molecule has 0 saturated carbocycles. The zero-order valence-electron chi connectivity index (χ0n) is 11.2. The van der Waals surface area contributed by atoms with Crippen LogP contribution in [0.4, 0.5) is 10.1 Å². The second kappa shape index (κ2) is 5.20. The van der Waals surface area contributed by atoms with Crippen molar-refractivity contribution in [2.45, 2.75) is 0 Å². The van der Waals surface area contributed by atoms with Gasteiger partial charge in [-0.1, -0.05) is 12.1 Å². The molecule has 0 saturated heterocycles. The predicted molar refractivity (Wildman–Crippen MR) is 75.5 cm³/mol. The highest BCUT2D eigenvalue weighted by atomic mass is 19.1. The van der Waals surface area contributed by atoms with Gasteiger partial charge >= 0.3 is 0 Å². The molecule has 0 atom stereocenters. The molecule has 0 fully saturated rings. The Balaban J connectivity index is 2.18. The Hall–Kier alpha value is -2.96. The number of aromatic nitrogens is 4. The van der Waals surface area contributed by atoms with Gasteiger partial charge in [-0.25, -0.2) is 4.39 Å². The largest absolute Gasteiger partial charge is 0.497 e. The van der Waals surface area contributed by atoms with Crippen molar-refractivity contribution in [2.24, 2.45) is 0 Å². The number of halogens is 1. The van der Waals surface area contributed by atoms with Gasteiger partial charge in [0.25, 0.3) is 0 Å². The topological polar surface area (TPSA) is 78.8 Å². The Bertz CT molecular complexity index is 787. The molecule has 3 aromatic rings. The zero-order chi connectivity index (χ0) is 14.8. The van der Waals surface area contributed by atoms with Crippen LogP contribution in [0, 0.1) is 5.82 Å². The maximum absolute atomic E-state index is 13.9. The van der Waals surface area contributed by atoms with Gasteiger partial charge in [0.05, 0.1) is 7.11 Å². The van der Waals surface area contributed by atoms with Gasteiger partial charge in [0.1, 0.15) is 17.3 Å². The first kappa shape index (κ1) is 13.0. The van der Waals surface area contributed by atoms with Gasteiger partial charge < -0.3 is 10.5 Å². The number of ether oxygens (including phenoxy) is 1. The minimum atomic E-state index is -0.424. The molecule has 0 spiro atoms. The molecule has 0 unspecified atom stereocenters. The van der Waals surface area contributed by atoms with Crippen molar-refractivity contribution in [2.75, 3.05) is 12.8 Å². The van der Waals surface area contributed by atoms with Crippen LogP contribution in [0.25, 0.3) is 17.1 Å². The number of benzene rings is 2. The molecule has 21 heavy (non-hydrogen) atoms. The van der Waals surface area contributed by atoms with Crippen LogP contribution >= 0.6 is 0 Å². The summed E-state index contributed by atoms with van der Waals surface area (Å²) >= 11 is 0. The number of methoxy groups -OCH3 is 1. The molecular weight excluding hydrogens is 273 g/mol. The highest BCUT2D eigenvalue weighted by Gasteiger charge is 2.16. The molecule has 0 bridgehead atoms. The summed E-state index contributed by atoms with van der Waals surface area (Å²) in [6, 6.07) is 11.4. The maximum atomic E-state index is 13.9. The second-order valence-corrected chi connectivity index (χ2v) is 4.32. The highest BCUT2D eigenvalue weighted by Crippen LogP contribution is 2.29. The summed E-state index contributed by atoms with van der Waals surface area (Å²) < 4.78 is 20.4. The Labute approximate surface area is 120 Å². The lowest BCUT2D eigenvalue weighted by molar-refractivity contribution is 0.415. The normalized spacial score (nSPS) is 10.6. The average Bonchev–Trinajstić information content (AvgIpc) is 2.97. The fourth-order valence-electron chi connectivity index (χ4n) is 2.00. The Morgan fingerprint density at radius 2 is 2.00 bits per heavy atom. The number of hydrogen-bond acceptors (Lipinski definition) is 5. The first-order valence-corrected chi connectivity index (χ1v) is 6.18. The monoisotopic (exact) mass is 285 g/mol. The van der Waals surface area contributed by atoms with Crippen LogP contribution < -0.4 is 10.5 Å². The van der Waals surface area contributed by atoms with Crippen LogP contribution in [0.5, 0.6) is 5.75 Å². The van der Waals surface area contributed by atoms with E-state index in [2.05, 4.69) is 15.5 Å². The fraction of sp³-hybridized carbons (Fsp3) is 0.0714. The molecule has 1 heterocycles. The second-order valence-electron chi connectivity index (χ2n) is 4.32. The quantitative estimate of drug-likeness (QED) is 0.745. The van der Waals surface area contributed by atoms with Gasteiger partial charge in [-0.2, -0.15) is 4.68 Å². The van der Waals surface area contributed by atoms with Crippen molar-refractivity contribution >= 4 is 5.69 Å². The number of rotatable bonds is 3. The molecule has 0 aliphatic heterocycles. The van der Waals surface area contributed by atoms with Crippen LogP contribution in [-0.2, 0) is 0 Å². The van der Waals surface area contributed by atoms with E-state index in [1.807, 2.05) is 0 Å². The molecule has 0 radical (unpaired) electrons. The number of hydrogen-bond donors (Lipinski definition) is 1. The van der Waals surface area contributed by atoms with E-state index in [0.29, 0.717) is 22.8 Å². The first-order valence-electron chi connectivity index (χ1n) is 6.18. The van der Waals surface area contributed by atoms with E-state index >= 15 is 0 Å². The van der Waals surface area contributed by atoms with Crippen LogP contribution in [0.2, 0.25) is 0 Å². The summed E-state index contributed by atoms with van der Waals surface area (Å²) in [5, 5.41) is 11.4. The molecule has 1 aromatic heterocycles. The minimum Gasteiger partial charge on any atom is -0.497 e. The van der Waals surface area contributed by atoms with Crippen molar-refractivity contribution in [3.63, 3.8) is 0 Å². The molecule has 2 N–H and O–H groups in total. The minimum absolute atomic E-state index is 0.250. The fourth-order valence-corrected chi connectivity index (χ4v) is 2.00. The van der Waals surface area contributed by atoms with E-state index < -0.39 is 5.82 Å². The molecular formula is C14H12FN5O. The Kier molecular flexibility index (Phi) is 3.23. The number of nitrogen functional groups attached to an aromatic ring is 1. The van der Waals surface area contributed by atoms with Crippen LogP contribution in [0.3, 0.4) is 0 Å². The zero-order valence-corrected chi connectivity index (χ0v) is 11.2. The lowest BCUT2D eigenvalue weighted by atomic mass is 10.1. The van der Waals surface area contributed by atoms with E-state index in [-0.39, 0.29) is 5.69 Å². The lowest BCUT2D eigenvalue weighted by Gasteiger charge is -2.09. The molecule has 2 aromatic carbocycles. The van der Waals surface area contributed by atoms with E-state index in [0.717, 1.165) is 0 Å². The van der Waals surface area contributed by atoms with Crippen molar-refractivity contribution < 1.29 is 9.13 Å². The van der Waals surface area contributed by atoms with E-state index in [4.69, 9.17) is 10.5 Å². The number of anilines is 1. The van der Waals surface area contributed by atoms with Gasteiger partial charge in [0, 0.05) is 11.3 Å². The molecule has 106 valence electrons. The van der Waals surface area contributed by atoms with Crippen molar-refractivity contribution in [3.05, 3.63) is 48.3 Å². The SMILES string of the molecule is COc1ccc(N)c(-c2nnnn2-c2ccccc2F)c1. The predicted octanol–water partition coefficient (Wildman–Crippen LogP) is 2.06. The average molecular weight is 285 g/mol. The van der Waals surface area contributed by atoms with Crippen LogP contribution in [0.1, 0.15) is 0 Å². The van der Waals surface area contributed by atoms with Gasteiger partial charge in [0.2, 0.25) is 0 Å². The third kappa shape index (κ3) is 2.29. The van der Waals surface area contributed by atoms with E-state index in [9.17, 15) is 4.39 Å². The van der Waals surface area contributed by atoms with Gasteiger partial charge in [-0.05, 0) is 40.8 Å². The summed E-state index contributed by atoms with van der Waals surface area (Å²) in [6.45, 7) is 0. The highest BCUT2D eigenvalue weighted by molar-refractivity contribution is 5.74. The van der Waals surface area contributed by atoms with Crippen molar-refractivity contribution in [1.82, 2.24) is 20.2 Å². The molecule has 0 aliphatic carbocycles. The summed E-state index contributed by atoms with van der Waals surface area (Å²) in [5.41, 5.74) is 7.26. The van der Waals surface area contributed by atoms with E-state index in [1.54, 1.807) is 43.5 Å². The third-order valence-corrected chi connectivity index (χ3v) is 3.05. The molecule has 3 rings (SSSR count). The Morgan fingerprint density at radius 3 is 2.76 bits per heavy atom. The van der Waals surface area contributed by atoms with Crippen molar-refractivity contribution in [3.8, 4) is 22.8 Å². The number of tetrazole rings is 1. The number of nitrogens with zero attached hydrogens (tertiary/aromatic N) is 4. The van der Waals surface area contributed by atoms with Crippen LogP contribution in [0.15, 0.2) is 42.5 Å². The number of para-hydroxylation sites is 1. The summed E-state index contributed by atoms with van der Waals surface area (Å²) in [5.74, 6) is 0.534. The molecule has 0 amide bonds. The molecule has 0 aliphatic rings. The van der Waals surface area contributed by atoms with E-state index in [1.165, 1.54) is 10.7 Å². The van der Waals surface area contributed by atoms with Crippen LogP contribution in [-0.4, -0.2) is 27.3 Å². The smallest absolute Gasteiger partial charge is 0.189 e. The maximum Gasteiger partial charge on any atom is 0.189 e. The van der Waals surface area contributed by atoms with Gasteiger partial charge in [0.15, 0.2) is 5.82 Å².